The normalized spacial score (nSPS) is 31.9. The summed E-state index contributed by atoms with van der Waals surface area (Å²) in [4.78, 5) is 51.2. The molecule has 250 valence electrons. The van der Waals surface area contributed by atoms with Gasteiger partial charge in [0.25, 0.3) is 5.56 Å². The molecule has 4 aromatic rings. The number of thiol groups is 2. The fraction of sp³-hybridized carbons (Fsp3) is 0.481. The molecule has 7 rings (SSSR count). The highest BCUT2D eigenvalue weighted by molar-refractivity contribution is 8.44. The van der Waals surface area contributed by atoms with Gasteiger partial charge in [0.15, 0.2) is 17.6 Å². The Hall–Kier alpha value is -2.97. The maximum Gasteiger partial charge on any atom is 0.383 e. The van der Waals surface area contributed by atoms with Gasteiger partial charge in [0.1, 0.15) is 36.7 Å². The molecule has 1 saturated carbocycles. The number of rotatable bonds is 11. The molecular weight excluding hydrogens is 677 g/mol. The molecule has 0 radical (unpaired) electrons. The Bertz CT molecular complexity index is 1940. The van der Waals surface area contributed by atoms with Crippen LogP contribution < -0.4 is 11.3 Å². The first-order chi connectivity index (χ1) is 22.5. The van der Waals surface area contributed by atoms with E-state index in [1.807, 2.05) is 0 Å². The summed E-state index contributed by atoms with van der Waals surface area (Å²) < 4.78 is 44.1. The van der Waals surface area contributed by atoms with Crippen LogP contribution in [0.25, 0.3) is 22.1 Å². The number of hydrogen-bond acceptors (Lipinski definition) is 15. The molecule has 17 nitrogen and oxygen atoms in total. The summed E-state index contributed by atoms with van der Waals surface area (Å²) in [5.41, 5.74) is 6.92. The second-order valence-corrected chi connectivity index (χ2v) is 14.8. The van der Waals surface area contributed by atoms with Gasteiger partial charge in [0.2, 0.25) is 10.7 Å². The topological polar surface area (TPSA) is 225 Å². The van der Waals surface area contributed by atoms with Crippen molar-refractivity contribution in [1.29, 1.82) is 0 Å². The van der Waals surface area contributed by atoms with Crippen molar-refractivity contribution in [3.8, 4) is 0 Å². The summed E-state index contributed by atoms with van der Waals surface area (Å²) in [6.45, 7) is -5.27. The molecule has 0 amide bonds. The van der Waals surface area contributed by atoms with Crippen LogP contribution in [0.2, 0.25) is 0 Å². The summed E-state index contributed by atoms with van der Waals surface area (Å²) >= 11 is 8.04. The number of ether oxygens (including phenoxy) is 4. The first-order valence-corrected chi connectivity index (χ1v) is 17.7. The number of para-hydroxylation sites is 1. The van der Waals surface area contributed by atoms with Crippen LogP contribution in [0.1, 0.15) is 25.3 Å². The Kier molecular flexibility index (Phi) is 8.65. The minimum Gasteiger partial charge on any atom is -0.396 e. The van der Waals surface area contributed by atoms with Gasteiger partial charge in [-0.3, -0.25) is 23.2 Å². The number of aliphatic hydroxyl groups excluding tert-OH is 1. The van der Waals surface area contributed by atoms with Crippen LogP contribution in [0, 0.1) is 5.92 Å². The van der Waals surface area contributed by atoms with Gasteiger partial charge in [-0.15, -0.1) is 12.6 Å². The van der Waals surface area contributed by atoms with Gasteiger partial charge in [-0.05, 0) is 25.0 Å². The summed E-state index contributed by atoms with van der Waals surface area (Å²) in [7, 11) is 0. The highest BCUT2D eigenvalue weighted by atomic mass is 32.7. The van der Waals surface area contributed by atoms with Crippen molar-refractivity contribution in [2.24, 2.45) is 5.92 Å². The lowest BCUT2D eigenvalue weighted by Gasteiger charge is -2.24. The van der Waals surface area contributed by atoms with Crippen LogP contribution in [-0.4, -0.2) is 94.0 Å². The number of nitrogens with zero attached hydrogens (tertiary/aromatic N) is 6. The van der Waals surface area contributed by atoms with Crippen LogP contribution in [0.5, 0.6) is 0 Å². The molecule has 1 aliphatic carbocycles. The van der Waals surface area contributed by atoms with Crippen molar-refractivity contribution < 1.29 is 42.8 Å². The van der Waals surface area contributed by atoms with Crippen LogP contribution in [0.4, 0.5) is 5.82 Å². The van der Waals surface area contributed by atoms with E-state index in [-0.39, 0.29) is 24.8 Å². The van der Waals surface area contributed by atoms with Crippen LogP contribution in [0.15, 0.2) is 48.0 Å². The highest BCUT2D eigenvalue weighted by Crippen LogP contribution is 2.50. The third-order valence-electron chi connectivity index (χ3n) is 8.48. The number of nitrogens with two attached hydrogens (primary N) is 1. The number of carbonyl (C=O) groups excluding carboxylic acids is 1. The smallest absolute Gasteiger partial charge is 0.383 e. The quantitative estimate of drug-likeness (QED) is 0.0834. The Balaban J connectivity index is 1.05. The zero-order valence-electron chi connectivity index (χ0n) is 24.4. The summed E-state index contributed by atoms with van der Waals surface area (Å²) in [5.74, 6) is -1.14. The average Bonchev–Trinajstić information content (AvgIpc) is 3.58. The predicted octanol–water partition coefficient (Wildman–Crippen LogP) is 1.03. The summed E-state index contributed by atoms with van der Waals surface area (Å²) in [6.07, 6.45) is 0.177. The number of fused-ring (bicyclic) bond motifs is 2. The van der Waals surface area contributed by atoms with Gasteiger partial charge < -0.3 is 34.7 Å². The van der Waals surface area contributed by atoms with E-state index in [1.165, 1.54) is 17.2 Å². The third-order valence-corrected chi connectivity index (χ3v) is 9.90. The van der Waals surface area contributed by atoms with E-state index in [2.05, 4.69) is 44.8 Å². The molecule has 0 spiro atoms. The molecule has 5 heterocycles. The van der Waals surface area contributed by atoms with Gasteiger partial charge in [-0.2, -0.15) is 0 Å². The number of benzene rings is 1. The Morgan fingerprint density at radius 3 is 2.66 bits per heavy atom. The number of aliphatic hydroxyl groups is 1. The summed E-state index contributed by atoms with van der Waals surface area (Å²) in [6, 6.07) is 6.72. The lowest BCUT2D eigenvalue weighted by molar-refractivity contribution is -0.118. The predicted molar refractivity (Wildman–Crippen MR) is 169 cm³/mol. The van der Waals surface area contributed by atoms with Gasteiger partial charge in [-0.25, -0.2) is 24.5 Å². The molecule has 0 bridgehead atoms. The molecular formula is C27H30N7O10PS2. The second-order valence-electron chi connectivity index (χ2n) is 11.4. The molecule has 1 aromatic carbocycles. The Morgan fingerprint density at radius 1 is 1.09 bits per heavy atom. The number of carbonyl (C=O) groups is 1. The Labute approximate surface area is 276 Å². The molecule has 20 heteroatoms. The van der Waals surface area contributed by atoms with E-state index < -0.39 is 66.7 Å². The second kappa shape index (κ2) is 12.5. The SMILES string of the molecule is Nc1ncnc2c1ncn2[C@H]1CC[C@@H](COC2(S)C(=O)C2O[C@H]2C(CO)[C@H](n3cnc4ccccc4c3=O)O[C@@H]2COP(=O)(O)S)O1. The van der Waals surface area contributed by atoms with Gasteiger partial charge in [0.05, 0.1) is 55.2 Å². The van der Waals surface area contributed by atoms with E-state index in [9.17, 15) is 24.2 Å². The number of imidazole rings is 1. The number of Topliss-reactive ketones (excluding diaryl/α,β-unsaturated/α-hetero) is 1. The number of ketones is 1. The zero-order valence-corrected chi connectivity index (χ0v) is 27.1. The van der Waals surface area contributed by atoms with E-state index in [1.54, 1.807) is 35.2 Å². The lowest BCUT2D eigenvalue weighted by atomic mass is 10.0. The molecule has 4 N–H and O–H groups in total. The van der Waals surface area contributed by atoms with Gasteiger partial charge in [0, 0.05) is 0 Å². The van der Waals surface area contributed by atoms with Crippen molar-refractivity contribution in [1.82, 2.24) is 29.1 Å². The Morgan fingerprint density at radius 2 is 1.87 bits per heavy atom. The average molecular weight is 708 g/mol. The molecule has 2 saturated heterocycles. The van der Waals surface area contributed by atoms with E-state index in [4.69, 9.17) is 29.2 Å². The monoisotopic (exact) mass is 707 g/mol. The highest BCUT2D eigenvalue weighted by Gasteiger charge is 2.68. The summed E-state index contributed by atoms with van der Waals surface area (Å²) in [5, 5.41) is 10.8. The van der Waals surface area contributed by atoms with Gasteiger partial charge in [-0.1, -0.05) is 24.4 Å². The van der Waals surface area contributed by atoms with Crippen LogP contribution in [-0.2, 0) is 32.8 Å². The van der Waals surface area contributed by atoms with Crippen LogP contribution >= 0.6 is 31.7 Å². The minimum atomic E-state index is -4.25. The molecule has 47 heavy (non-hydrogen) atoms. The number of nitrogen functional groups attached to an aromatic ring is 1. The van der Waals surface area contributed by atoms with E-state index in [0.29, 0.717) is 34.9 Å². The molecule has 9 atom stereocenters. The standard InChI is InChI=1S/C27H30N7O10PS2/c28-23-19-24(30-10-29-23)33(12-32-19)18-6-5-13(42-18)8-40-27(46)21(36)22(27)44-20-15(7-35)26(43-17(20)9-41-45(38,39)47)34-11-31-16-4-2-1-3-14(16)25(34)37/h1-4,10-13,15,17-18,20,22,26,35,46H,5-9H2,(H2,28,29,30)(H2,38,39,47)/t13-,15?,17+,18+,20-,22?,26+,27?/m0/s1. The maximum atomic E-state index is 13.4. The van der Waals surface area contributed by atoms with Crippen molar-refractivity contribution in [3.63, 3.8) is 0 Å². The largest absolute Gasteiger partial charge is 0.396 e. The molecule has 2 aliphatic heterocycles. The fourth-order valence-electron chi connectivity index (χ4n) is 6.04. The van der Waals surface area contributed by atoms with E-state index in [0.717, 1.165) is 0 Å². The molecule has 4 unspecified atom stereocenters. The zero-order chi connectivity index (χ0) is 33.1. The first-order valence-electron chi connectivity index (χ1n) is 14.6. The molecule has 3 fully saturated rings. The van der Waals surface area contributed by atoms with Crippen molar-refractivity contribution in [2.45, 2.75) is 54.6 Å². The van der Waals surface area contributed by atoms with Crippen molar-refractivity contribution >= 4 is 65.3 Å². The van der Waals surface area contributed by atoms with Gasteiger partial charge >= 0.3 is 6.80 Å². The van der Waals surface area contributed by atoms with Crippen molar-refractivity contribution in [2.75, 3.05) is 25.6 Å². The molecule has 3 aromatic heterocycles. The number of hydrogen-bond donors (Lipinski definition) is 5. The van der Waals surface area contributed by atoms with Crippen LogP contribution in [0.3, 0.4) is 0 Å². The lowest BCUT2D eigenvalue weighted by Crippen LogP contribution is -2.38. The number of anilines is 1. The van der Waals surface area contributed by atoms with Crippen molar-refractivity contribution in [3.05, 3.63) is 53.6 Å². The molecule has 3 aliphatic rings. The fourth-order valence-corrected chi connectivity index (χ4v) is 6.89. The first kappa shape index (κ1) is 32.6. The number of aromatic nitrogens is 6. The third kappa shape index (κ3) is 6.09. The minimum absolute atomic E-state index is 0.0145. The maximum absolute atomic E-state index is 13.4. The van der Waals surface area contributed by atoms with E-state index >= 15 is 0 Å².